The maximum Gasteiger partial charge on any atom is 0.288 e. The van der Waals surface area contributed by atoms with Gasteiger partial charge in [-0.3, -0.25) is 24.0 Å². The van der Waals surface area contributed by atoms with Crippen molar-refractivity contribution in [2.24, 2.45) is 0 Å². The van der Waals surface area contributed by atoms with Gasteiger partial charge in [-0.2, -0.15) is 5.10 Å². The Hall–Kier alpha value is -2.61. The molecular weight excluding hydrogens is 376 g/mol. The number of benzene rings is 1. The molecule has 3 amide bonds. The molecule has 4 rings (SSSR count). The van der Waals surface area contributed by atoms with E-state index < -0.39 is 0 Å². The number of hydrogen-bond donors (Lipinski definition) is 1. The zero-order valence-corrected chi connectivity index (χ0v) is 16.3. The Morgan fingerprint density at radius 1 is 1.25 bits per heavy atom. The topological polar surface area (TPSA) is 84.3 Å². The summed E-state index contributed by atoms with van der Waals surface area (Å²) in [5.74, 6) is -0.191. The standard InChI is InChI=1S/C20H22N4O3S/c25-18(9-10-23-19(26)13-28-20(23)27)22-16-7-4-8-17-15(16)11-21-24(17)12-14-5-2-1-3-6-14/h1-3,5-6,11,16H,4,7-10,12-13H2,(H,22,25)/t16-/m0/s1. The van der Waals surface area contributed by atoms with Gasteiger partial charge >= 0.3 is 0 Å². The van der Waals surface area contributed by atoms with Gasteiger partial charge in [0.25, 0.3) is 5.24 Å². The van der Waals surface area contributed by atoms with Crippen molar-refractivity contribution in [2.75, 3.05) is 12.3 Å². The molecule has 0 unspecified atom stereocenters. The lowest BCUT2D eigenvalue weighted by Gasteiger charge is -2.24. The molecule has 1 N–H and O–H groups in total. The average Bonchev–Trinajstić information content (AvgIpc) is 3.25. The summed E-state index contributed by atoms with van der Waals surface area (Å²) < 4.78 is 2.02. The number of carbonyl (C=O) groups is 3. The number of aromatic nitrogens is 2. The molecule has 0 radical (unpaired) electrons. The summed E-state index contributed by atoms with van der Waals surface area (Å²) in [6, 6.07) is 10.1. The van der Waals surface area contributed by atoms with Gasteiger partial charge in [0.1, 0.15) is 0 Å². The number of carbonyl (C=O) groups excluding carboxylic acids is 3. The quantitative estimate of drug-likeness (QED) is 0.808. The molecule has 8 heteroatoms. The molecule has 0 spiro atoms. The van der Waals surface area contributed by atoms with Crippen LogP contribution < -0.4 is 5.32 Å². The monoisotopic (exact) mass is 398 g/mol. The number of hydrogen-bond acceptors (Lipinski definition) is 5. The van der Waals surface area contributed by atoms with Gasteiger partial charge in [-0.25, -0.2) is 0 Å². The first-order valence-corrected chi connectivity index (χ1v) is 10.5. The van der Waals surface area contributed by atoms with E-state index in [0.29, 0.717) is 6.54 Å². The van der Waals surface area contributed by atoms with Crippen molar-refractivity contribution in [3.05, 3.63) is 53.3 Å². The zero-order valence-electron chi connectivity index (χ0n) is 15.5. The fourth-order valence-corrected chi connectivity index (χ4v) is 4.49. The average molecular weight is 398 g/mol. The summed E-state index contributed by atoms with van der Waals surface area (Å²) in [5, 5.41) is 7.34. The summed E-state index contributed by atoms with van der Waals surface area (Å²) in [5.41, 5.74) is 3.43. The van der Waals surface area contributed by atoms with Gasteiger partial charge < -0.3 is 5.32 Å². The van der Waals surface area contributed by atoms with Crippen molar-refractivity contribution in [1.29, 1.82) is 0 Å². The van der Waals surface area contributed by atoms with Crippen molar-refractivity contribution in [2.45, 2.75) is 38.3 Å². The van der Waals surface area contributed by atoms with Crippen molar-refractivity contribution >= 4 is 28.8 Å². The van der Waals surface area contributed by atoms with Crippen LogP contribution in [0.5, 0.6) is 0 Å². The van der Waals surface area contributed by atoms with E-state index >= 15 is 0 Å². The Balaban J connectivity index is 1.38. The molecule has 1 aromatic carbocycles. The molecule has 1 aromatic heterocycles. The summed E-state index contributed by atoms with van der Waals surface area (Å²) in [7, 11) is 0. The highest BCUT2D eigenvalue weighted by Gasteiger charge is 2.30. The van der Waals surface area contributed by atoms with Crippen LogP contribution in [0, 0.1) is 0 Å². The van der Waals surface area contributed by atoms with Crippen LogP contribution in [-0.4, -0.2) is 44.0 Å². The molecule has 1 saturated heterocycles. The van der Waals surface area contributed by atoms with Gasteiger partial charge in [0, 0.05) is 24.2 Å². The van der Waals surface area contributed by atoms with Crippen LogP contribution in [0.3, 0.4) is 0 Å². The van der Waals surface area contributed by atoms with E-state index in [9.17, 15) is 14.4 Å². The van der Waals surface area contributed by atoms with Crippen LogP contribution in [0.4, 0.5) is 4.79 Å². The van der Waals surface area contributed by atoms with E-state index in [1.54, 1.807) is 0 Å². The predicted molar refractivity (Wildman–Crippen MR) is 106 cm³/mol. The number of thioether (sulfide) groups is 1. The second-order valence-electron chi connectivity index (χ2n) is 7.05. The minimum absolute atomic E-state index is 0.0693. The van der Waals surface area contributed by atoms with E-state index in [-0.39, 0.29) is 41.8 Å². The van der Waals surface area contributed by atoms with Crippen molar-refractivity contribution in [3.8, 4) is 0 Å². The number of fused-ring (bicyclic) bond motifs is 1. The molecule has 2 heterocycles. The minimum atomic E-state index is -0.264. The first-order chi connectivity index (χ1) is 13.6. The lowest BCUT2D eigenvalue weighted by molar-refractivity contribution is -0.125. The predicted octanol–water partition coefficient (Wildman–Crippen LogP) is 2.51. The molecule has 2 aliphatic rings. The van der Waals surface area contributed by atoms with Crippen LogP contribution in [0.1, 0.15) is 42.1 Å². The smallest absolute Gasteiger partial charge is 0.288 e. The Kier molecular flexibility index (Phi) is 5.47. The molecule has 1 aliphatic carbocycles. The Morgan fingerprint density at radius 3 is 2.82 bits per heavy atom. The van der Waals surface area contributed by atoms with E-state index in [4.69, 9.17) is 0 Å². The second kappa shape index (κ2) is 8.18. The maximum atomic E-state index is 12.4. The number of amides is 3. The number of nitrogens with one attached hydrogen (secondary N) is 1. The molecule has 1 atom stereocenters. The van der Waals surface area contributed by atoms with Gasteiger partial charge in [-0.15, -0.1) is 0 Å². The Morgan fingerprint density at radius 2 is 2.07 bits per heavy atom. The first-order valence-electron chi connectivity index (χ1n) is 9.47. The van der Waals surface area contributed by atoms with Crippen LogP contribution in [0.25, 0.3) is 0 Å². The lowest BCUT2D eigenvalue weighted by atomic mass is 9.92. The van der Waals surface area contributed by atoms with Crippen LogP contribution >= 0.6 is 11.8 Å². The molecule has 2 aromatic rings. The highest BCUT2D eigenvalue weighted by Crippen LogP contribution is 2.30. The highest BCUT2D eigenvalue weighted by molar-refractivity contribution is 8.14. The minimum Gasteiger partial charge on any atom is -0.349 e. The fraction of sp³-hybridized carbons (Fsp3) is 0.400. The Labute approximate surface area is 167 Å². The molecule has 1 fully saturated rings. The van der Waals surface area contributed by atoms with Crippen LogP contribution in [0.2, 0.25) is 0 Å². The molecule has 7 nitrogen and oxygen atoms in total. The normalized spacial score (nSPS) is 19.0. The van der Waals surface area contributed by atoms with Crippen molar-refractivity contribution < 1.29 is 14.4 Å². The maximum absolute atomic E-state index is 12.4. The van der Waals surface area contributed by atoms with Gasteiger partial charge in [0.15, 0.2) is 0 Å². The number of rotatable bonds is 6. The second-order valence-corrected chi connectivity index (χ2v) is 7.98. The van der Waals surface area contributed by atoms with Crippen LogP contribution in [0.15, 0.2) is 36.5 Å². The van der Waals surface area contributed by atoms with Crippen molar-refractivity contribution in [1.82, 2.24) is 20.0 Å². The van der Waals surface area contributed by atoms with Gasteiger partial charge in [0.05, 0.1) is 24.5 Å². The van der Waals surface area contributed by atoms with Gasteiger partial charge in [0.2, 0.25) is 11.8 Å². The first kappa shape index (κ1) is 18.7. The van der Waals surface area contributed by atoms with Gasteiger partial charge in [-0.05, 0) is 24.8 Å². The molecule has 0 bridgehead atoms. The summed E-state index contributed by atoms with van der Waals surface area (Å²) in [6.07, 6.45) is 4.78. The van der Waals surface area contributed by atoms with Crippen molar-refractivity contribution in [3.63, 3.8) is 0 Å². The third kappa shape index (κ3) is 3.96. The molecular formula is C20H22N4O3S. The van der Waals surface area contributed by atoms with Gasteiger partial charge in [-0.1, -0.05) is 42.1 Å². The summed E-state index contributed by atoms with van der Waals surface area (Å²) in [4.78, 5) is 36.8. The summed E-state index contributed by atoms with van der Waals surface area (Å²) >= 11 is 0.990. The van der Waals surface area contributed by atoms with E-state index in [1.165, 1.54) is 11.3 Å². The zero-order chi connectivity index (χ0) is 19.5. The van der Waals surface area contributed by atoms with E-state index in [1.807, 2.05) is 29.1 Å². The highest BCUT2D eigenvalue weighted by atomic mass is 32.2. The van der Waals surface area contributed by atoms with E-state index in [2.05, 4.69) is 22.5 Å². The molecule has 0 saturated carbocycles. The molecule has 146 valence electrons. The third-order valence-corrected chi connectivity index (χ3v) is 6.03. The van der Waals surface area contributed by atoms with E-state index in [0.717, 1.165) is 41.5 Å². The largest absolute Gasteiger partial charge is 0.349 e. The lowest BCUT2D eigenvalue weighted by Crippen LogP contribution is -2.36. The number of imide groups is 1. The molecule has 1 aliphatic heterocycles. The Bertz CT molecular complexity index is 880. The summed E-state index contributed by atoms with van der Waals surface area (Å²) in [6.45, 7) is 0.858. The molecule has 28 heavy (non-hydrogen) atoms. The van der Waals surface area contributed by atoms with Crippen LogP contribution in [-0.2, 0) is 22.6 Å². The third-order valence-electron chi connectivity index (χ3n) is 5.18. The SMILES string of the molecule is O=C(CCN1C(=O)CSC1=O)N[C@H]1CCCc2c1cnn2Cc1ccccc1. The number of nitrogens with zero attached hydrogens (tertiary/aromatic N) is 3. The fourth-order valence-electron chi connectivity index (χ4n) is 3.74.